The molecule has 0 radical (unpaired) electrons. The van der Waals surface area contributed by atoms with Crippen molar-refractivity contribution in [2.75, 3.05) is 27.2 Å². The molecule has 0 heterocycles. The van der Waals surface area contributed by atoms with Crippen molar-refractivity contribution in [1.82, 2.24) is 16.2 Å². The fourth-order valence-corrected chi connectivity index (χ4v) is 2.47. The first-order chi connectivity index (χ1) is 12.5. The fraction of sp³-hybridized carbons (Fsp3) is 0.316. The number of hydrogen-bond donors (Lipinski definition) is 4. The Balaban J connectivity index is 1.76. The Morgan fingerprint density at radius 1 is 0.885 bits per heavy atom. The van der Waals surface area contributed by atoms with E-state index in [9.17, 15) is 14.4 Å². The van der Waals surface area contributed by atoms with Gasteiger partial charge in [0.15, 0.2) is 0 Å². The molecule has 0 fully saturated rings. The zero-order valence-electron chi connectivity index (χ0n) is 15.1. The Morgan fingerprint density at radius 3 is 2.35 bits per heavy atom. The van der Waals surface area contributed by atoms with Gasteiger partial charge in [0, 0.05) is 0 Å². The van der Waals surface area contributed by atoms with Gasteiger partial charge in [-0.25, -0.2) is 0 Å². The highest BCUT2D eigenvalue weighted by atomic mass is 16.2. The Kier molecular flexibility index (Phi) is 7.11. The molecule has 0 saturated heterocycles. The summed E-state index contributed by atoms with van der Waals surface area (Å²) in [5, 5.41) is 4.65. The summed E-state index contributed by atoms with van der Waals surface area (Å²) in [6.45, 7) is 0.478. The van der Waals surface area contributed by atoms with Crippen molar-refractivity contribution < 1.29 is 19.3 Å². The first-order valence-electron chi connectivity index (χ1n) is 8.56. The monoisotopic (exact) mass is 357 g/mol. The van der Waals surface area contributed by atoms with E-state index in [-0.39, 0.29) is 24.8 Å². The summed E-state index contributed by atoms with van der Waals surface area (Å²) < 4.78 is 0. The fourth-order valence-electron chi connectivity index (χ4n) is 2.47. The van der Waals surface area contributed by atoms with Crippen molar-refractivity contribution in [1.29, 1.82) is 0 Å². The summed E-state index contributed by atoms with van der Waals surface area (Å²) >= 11 is 0. The van der Waals surface area contributed by atoms with Crippen LogP contribution in [0.15, 0.2) is 42.5 Å². The van der Waals surface area contributed by atoms with Crippen LogP contribution in [0.1, 0.15) is 12.0 Å². The lowest BCUT2D eigenvalue weighted by Crippen LogP contribution is -3.05. The van der Waals surface area contributed by atoms with E-state index < -0.39 is 5.91 Å². The van der Waals surface area contributed by atoms with E-state index in [4.69, 9.17) is 0 Å². The zero-order valence-corrected chi connectivity index (χ0v) is 15.1. The Morgan fingerprint density at radius 2 is 1.58 bits per heavy atom. The van der Waals surface area contributed by atoms with Gasteiger partial charge in [0.2, 0.25) is 11.8 Å². The quantitative estimate of drug-likeness (QED) is 0.488. The highest BCUT2D eigenvalue weighted by Gasteiger charge is 2.10. The van der Waals surface area contributed by atoms with E-state index >= 15 is 0 Å². The summed E-state index contributed by atoms with van der Waals surface area (Å²) in [7, 11) is 3.88. The average Bonchev–Trinajstić information content (AvgIpc) is 2.63. The van der Waals surface area contributed by atoms with Crippen LogP contribution >= 0.6 is 0 Å². The second-order valence-electron chi connectivity index (χ2n) is 6.40. The number of rotatable bonds is 7. The van der Waals surface area contributed by atoms with Crippen molar-refractivity contribution in [3.05, 3.63) is 48.0 Å². The molecule has 2 aromatic rings. The SMILES string of the molecule is C[NH+](C)CCC(=O)NNC(=O)CNC(=O)Cc1cccc2ccccc12. The second-order valence-corrected chi connectivity index (χ2v) is 6.40. The third-order valence-electron chi connectivity index (χ3n) is 3.87. The standard InChI is InChI=1S/C19H24N4O3/c1-23(2)11-10-17(24)21-22-19(26)13-20-18(25)12-15-8-5-7-14-6-3-4-9-16(14)15/h3-9H,10-13H2,1-2H3,(H,20,25)(H,21,24)(H,22,26)/p+1. The number of fused-ring (bicyclic) bond motifs is 1. The highest BCUT2D eigenvalue weighted by molar-refractivity contribution is 5.91. The number of carbonyl (C=O) groups is 3. The van der Waals surface area contributed by atoms with Crippen molar-refractivity contribution in [2.24, 2.45) is 0 Å². The largest absolute Gasteiger partial charge is 0.347 e. The highest BCUT2D eigenvalue weighted by Crippen LogP contribution is 2.18. The molecule has 4 N–H and O–H groups in total. The Hall–Kier alpha value is -2.93. The normalized spacial score (nSPS) is 10.6. The molecule has 0 aliphatic heterocycles. The summed E-state index contributed by atoms with van der Waals surface area (Å²) in [5.41, 5.74) is 5.53. The summed E-state index contributed by atoms with van der Waals surface area (Å²) in [6, 6.07) is 13.6. The van der Waals surface area contributed by atoms with Gasteiger partial charge < -0.3 is 10.2 Å². The van der Waals surface area contributed by atoms with Crippen LogP contribution in [-0.2, 0) is 20.8 Å². The molecule has 0 atom stereocenters. The summed E-state index contributed by atoms with van der Waals surface area (Å²) in [4.78, 5) is 36.5. The van der Waals surface area contributed by atoms with Crippen molar-refractivity contribution >= 4 is 28.5 Å². The lowest BCUT2D eigenvalue weighted by Gasteiger charge is -2.10. The van der Waals surface area contributed by atoms with Gasteiger partial charge >= 0.3 is 0 Å². The number of amides is 3. The number of hydrazine groups is 1. The molecule has 0 aromatic heterocycles. The lowest BCUT2D eigenvalue weighted by atomic mass is 10.0. The minimum atomic E-state index is -0.471. The van der Waals surface area contributed by atoms with Crippen LogP contribution in [0.5, 0.6) is 0 Å². The molecule has 0 saturated carbocycles. The van der Waals surface area contributed by atoms with Gasteiger partial charge in [-0.3, -0.25) is 25.2 Å². The van der Waals surface area contributed by atoms with Crippen LogP contribution in [0.3, 0.4) is 0 Å². The number of benzene rings is 2. The lowest BCUT2D eigenvalue weighted by molar-refractivity contribution is -0.857. The third-order valence-corrected chi connectivity index (χ3v) is 3.87. The van der Waals surface area contributed by atoms with Gasteiger partial charge in [-0.15, -0.1) is 0 Å². The van der Waals surface area contributed by atoms with Crippen LogP contribution in [0.25, 0.3) is 10.8 Å². The van der Waals surface area contributed by atoms with Gasteiger partial charge in [0.1, 0.15) is 0 Å². The van der Waals surface area contributed by atoms with Gasteiger partial charge in [0.05, 0.1) is 40.0 Å². The molecule has 26 heavy (non-hydrogen) atoms. The molecular weight excluding hydrogens is 332 g/mol. The molecule has 2 aromatic carbocycles. The van der Waals surface area contributed by atoms with Crippen LogP contribution in [0.2, 0.25) is 0 Å². The number of nitrogens with one attached hydrogen (secondary N) is 4. The smallest absolute Gasteiger partial charge is 0.257 e. The Bertz CT molecular complexity index is 784. The van der Waals surface area contributed by atoms with Gasteiger partial charge in [-0.2, -0.15) is 0 Å². The maximum atomic E-state index is 12.1. The van der Waals surface area contributed by atoms with E-state index in [1.165, 1.54) is 0 Å². The predicted molar refractivity (Wildman–Crippen MR) is 99.2 cm³/mol. The van der Waals surface area contributed by atoms with E-state index in [0.29, 0.717) is 13.0 Å². The van der Waals surface area contributed by atoms with Gasteiger partial charge in [-0.05, 0) is 16.3 Å². The first kappa shape index (κ1) is 19.4. The molecule has 7 heteroatoms. The Labute approximate surface area is 152 Å². The van der Waals surface area contributed by atoms with Crippen molar-refractivity contribution in [2.45, 2.75) is 12.8 Å². The predicted octanol–water partition coefficient (Wildman–Crippen LogP) is -0.819. The minimum absolute atomic E-state index is 0.187. The van der Waals surface area contributed by atoms with Gasteiger partial charge in [0.25, 0.3) is 5.91 Å². The van der Waals surface area contributed by atoms with E-state index in [1.54, 1.807) is 0 Å². The molecule has 7 nitrogen and oxygen atoms in total. The maximum absolute atomic E-state index is 12.1. The first-order valence-corrected chi connectivity index (χ1v) is 8.56. The second kappa shape index (κ2) is 9.53. The number of carbonyl (C=O) groups excluding carboxylic acids is 3. The van der Waals surface area contributed by atoms with E-state index in [1.807, 2.05) is 56.6 Å². The van der Waals surface area contributed by atoms with Crippen LogP contribution in [0, 0.1) is 0 Å². The van der Waals surface area contributed by atoms with Crippen LogP contribution in [0.4, 0.5) is 0 Å². The van der Waals surface area contributed by atoms with Crippen LogP contribution < -0.4 is 21.1 Å². The molecule has 2 rings (SSSR count). The van der Waals surface area contributed by atoms with E-state index in [0.717, 1.165) is 21.2 Å². The molecule has 0 aliphatic carbocycles. The van der Waals surface area contributed by atoms with Crippen LogP contribution in [-0.4, -0.2) is 44.9 Å². The third kappa shape index (κ3) is 6.18. The molecular formula is C19H25N4O3+. The molecule has 138 valence electrons. The average molecular weight is 357 g/mol. The zero-order chi connectivity index (χ0) is 18.9. The molecule has 0 aliphatic rings. The number of quaternary nitrogens is 1. The molecule has 3 amide bonds. The summed E-state index contributed by atoms with van der Waals surface area (Å²) in [6.07, 6.45) is 0.503. The van der Waals surface area contributed by atoms with Crippen molar-refractivity contribution in [3.63, 3.8) is 0 Å². The minimum Gasteiger partial charge on any atom is -0.347 e. The number of hydrogen-bond acceptors (Lipinski definition) is 3. The summed E-state index contributed by atoms with van der Waals surface area (Å²) in [5.74, 6) is -0.984. The molecule has 0 unspecified atom stereocenters. The maximum Gasteiger partial charge on any atom is 0.257 e. The molecule has 0 spiro atoms. The van der Waals surface area contributed by atoms with Gasteiger partial charge in [-0.1, -0.05) is 42.5 Å². The topological polar surface area (TPSA) is 91.7 Å². The molecule has 0 bridgehead atoms. The van der Waals surface area contributed by atoms with Crippen molar-refractivity contribution in [3.8, 4) is 0 Å². The van der Waals surface area contributed by atoms with E-state index in [2.05, 4.69) is 16.2 Å².